The molecular formula is C57H69N5O8S2. The number of thiophene rings is 1. The highest BCUT2D eigenvalue weighted by atomic mass is 32.1. The Morgan fingerprint density at radius 3 is 2.14 bits per heavy atom. The average molecular weight is 1020 g/mol. The molecule has 4 aromatic carbocycles. The van der Waals surface area contributed by atoms with Crippen LogP contribution in [0.1, 0.15) is 120 Å². The predicted molar refractivity (Wildman–Crippen MR) is 287 cm³/mol. The monoisotopic (exact) mass is 1020 g/mol. The zero-order valence-electron chi connectivity index (χ0n) is 42.4. The zero-order valence-corrected chi connectivity index (χ0v) is 44.1. The maximum Gasteiger partial charge on any atom is 0.246 e. The van der Waals surface area contributed by atoms with Gasteiger partial charge in [0.25, 0.3) is 0 Å². The van der Waals surface area contributed by atoms with Crippen LogP contribution in [-0.4, -0.2) is 104 Å². The largest absolute Gasteiger partial charge is 0.508 e. The highest BCUT2D eigenvalue weighted by Crippen LogP contribution is 2.42. The van der Waals surface area contributed by atoms with Gasteiger partial charge in [-0.2, -0.15) is 0 Å². The minimum Gasteiger partial charge on any atom is -0.508 e. The summed E-state index contributed by atoms with van der Waals surface area (Å²) < 4.78 is 6.94. The van der Waals surface area contributed by atoms with E-state index in [2.05, 4.69) is 34.4 Å². The van der Waals surface area contributed by atoms with Crippen LogP contribution in [0.3, 0.4) is 0 Å². The quantitative estimate of drug-likeness (QED) is 0.0324. The standard InChI is InChI=1S/C57H69N5O8S2/c1-35(2)61(29-30-70-45-25-20-39(21-26-45)51(67)50-46-27-24-43(64)32-48(46)72-53(50)41-18-22-42(63)23-19-41)28-12-10-8-9-11-13-49(66)60-54(57(5,6)7)56(69)62-33-44(65)31-47(62)55(68)59-36(3)38-14-16-40(17-15-38)52-37(4)58-34-71-52/h14-27,32,34-36,44,47,54,63-65H,8-13,28-31,33H2,1-7H3,(H,59,68)(H,60,66)/t36-,44+,47-,54+/m0/s1. The summed E-state index contributed by atoms with van der Waals surface area (Å²) in [4.78, 5) is 65.2. The van der Waals surface area contributed by atoms with E-state index in [1.54, 1.807) is 65.9 Å². The molecule has 1 saturated heterocycles. The summed E-state index contributed by atoms with van der Waals surface area (Å²) in [5.74, 6) is -0.120. The first-order valence-electron chi connectivity index (χ1n) is 25.0. The number of aliphatic hydroxyl groups is 1. The Hall–Kier alpha value is -6.13. The zero-order chi connectivity index (χ0) is 51.7. The maximum absolute atomic E-state index is 14.2. The van der Waals surface area contributed by atoms with E-state index in [9.17, 15) is 34.5 Å². The number of hydrogen-bond donors (Lipinski definition) is 5. The lowest BCUT2D eigenvalue weighted by Gasteiger charge is -2.35. The number of aromatic nitrogens is 1. The third kappa shape index (κ3) is 13.5. The Labute approximate surface area is 431 Å². The van der Waals surface area contributed by atoms with Crippen LogP contribution >= 0.6 is 22.7 Å². The smallest absolute Gasteiger partial charge is 0.246 e. The molecule has 7 rings (SSSR count). The van der Waals surface area contributed by atoms with Crippen LogP contribution in [-0.2, 0) is 14.4 Å². The van der Waals surface area contributed by atoms with Crippen molar-refractivity contribution in [3.8, 4) is 38.1 Å². The molecule has 1 aliphatic heterocycles. The van der Waals surface area contributed by atoms with Crippen molar-refractivity contribution in [3.63, 3.8) is 0 Å². The SMILES string of the molecule is Cc1ncsc1-c1ccc([C@H](C)NC(=O)[C@@H]2C[C@@H](O)CN2C(=O)[C@@H](NC(=O)CCCCCCCN(CCOc2ccc(C(=O)c3c(-c4ccc(O)cc4)sc4cc(O)ccc34)cc2)C(C)C)C(C)(C)C)cc1. The van der Waals surface area contributed by atoms with E-state index in [-0.39, 0.29) is 60.4 Å². The second-order valence-electron chi connectivity index (χ2n) is 20.3. The van der Waals surface area contributed by atoms with Crippen LogP contribution in [0, 0.1) is 12.3 Å². The fourth-order valence-electron chi connectivity index (χ4n) is 9.26. The molecule has 3 amide bonds. The van der Waals surface area contributed by atoms with Crippen molar-refractivity contribution in [3.05, 3.63) is 119 Å². The summed E-state index contributed by atoms with van der Waals surface area (Å²) in [5.41, 5.74) is 6.00. The summed E-state index contributed by atoms with van der Waals surface area (Å²) >= 11 is 3.01. The van der Waals surface area contributed by atoms with E-state index in [1.165, 1.54) is 16.2 Å². The molecule has 0 spiro atoms. The molecule has 0 saturated carbocycles. The Bertz CT molecular complexity index is 2800. The lowest BCUT2D eigenvalue weighted by atomic mass is 9.85. The molecule has 382 valence electrons. The van der Waals surface area contributed by atoms with E-state index >= 15 is 0 Å². The number of ketones is 1. The number of rotatable bonds is 22. The first-order valence-corrected chi connectivity index (χ1v) is 26.7. The van der Waals surface area contributed by atoms with Crippen LogP contribution in [0.2, 0.25) is 0 Å². The van der Waals surface area contributed by atoms with Gasteiger partial charge in [0.05, 0.1) is 28.2 Å². The van der Waals surface area contributed by atoms with Gasteiger partial charge in [0.15, 0.2) is 5.78 Å². The van der Waals surface area contributed by atoms with E-state index in [1.807, 2.05) is 76.5 Å². The van der Waals surface area contributed by atoms with Crippen molar-refractivity contribution < 1.29 is 39.2 Å². The van der Waals surface area contributed by atoms with Crippen molar-refractivity contribution in [1.82, 2.24) is 25.4 Å². The Morgan fingerprint density at radius 1 is 0.819 bits per heavy atom. The number of fused-ring (bicyclic) bond motifs is 1. The molecule has 0 radical (unpaired) electrons. The van der Waals surface area contributed by atoms with Crippen molar-refractivity contribution in [2.75, 3.05) is 26.2 Å². The minimum absolute atomic E-state index is 0.0180. The van der Waals surface area contributed by atoms with Gasteiger partial charge in [0.1, 0.15) is 35.9 Å². The molecule has 6 aromatic rings. The number of nitrogens with one attached hydrogen (secondary N) is 2. The molecule has 1 fully saturated rings. The number of ether oxygens (including phenoxy) is 1. The molecule has 72 heavy (non-hydrogen) atoms. The first-order chi connectivity index (χ1) is 34.4. The molecule has 0 unspecified atom stereocenters. The van der Waals surface area contributed by atoms with Gasteiger partial charge in [-0.25, -0.2) is 4.98 Å². The van der Waals surface area contributed by atoms with Crippen molar-refractivity contribution in [1.29, 1.82) is 0 Å². The summed E-state index contributed by atoms with van der Waals surface area (Å²) in [5, 5.41) is 37.5. The number of carbonyl (C=O) groups excluding carboxylic acids is 4. The second-order valence-corrected chi connectivity index (χ2v) is 22.2. The number of amides is 3. The van der Waals surface area contributed by atoms with E-state index in [0.717, 1.165) is 81.0 Å². The van der Waals surface area contributed by atoms with Crippen molar-refractivity contribution >= 4 is 56.3 Å². The number of phenols is 2. The fourth-order valence-corrected chi connectivity index (χ4v) is 11.3. The molecule has 1 aliphatic rings. The number of carbonyl (C=O) groups is 4. The fraction of sp³-hybridized carbons (Fsp3) is 0.421. The molecule has 0 bridgehead atoms. The lowest BCUT2D eigenvalue weighted by Crippen LogP contribution is -2.57. The van der Waals surface area contributed by atoms with Crippen molar-refractivity contribution in [2.45, 2.75) is 124 Å². The van der Waals surface area contributed by atoms with E-state index in [4.69, 9.17) is 4.74 Å². The number of benzene rings is 4. The Morgan fingerprint density at radius 2 is 1.47 bits per heavy atom. The molecular weight excluding hydrogens is 947 g/mol. The molecule has 4 atom stereocenters. The van der Waals surface area contributed by atoms with Gasteiger partial charge >= 0.3 is 0 Å². The maximum atomic E-state index is 14.2. The van der Waals surface area contributed by atoms with Gasteiger partial charge in [-0.15, -0.1) is 22.7 Å². The van der Waals surface area contributed by atoms with Crippen LogP contribution in [0.15, 0.2) is 96.5 Å². The molecule has 15 heteroatoms. The number of aromatic hydroxyl groups is 2. The predicted octanol–water partition coefficient (Wildman–Crippen LogP) is 10.4. The normalized spacial score (nSPS) is 15.8. The van der Waals surface area contributed by atoms with Crippen LogP contribution in [0.25, 0.3) is 31.0 Å². The van der Waals surface area contributed by atoms with Gasteiger partial charge in [-0.3, -0.25) is 24.1 Å². The van der Waals surface area contributed by atoms with Gasteiger partial charge < -0.3 is 35.6 Å². The highest BCUT2D eigenvalue weighted by Gasteiger charge is 2.44. The molecule has 5 N–H and O–H groups in total. The number of β-amino-alcohol motifs (C(OH)–C–C–N with tert-alkyl or cyclic N) is 1. The highest BCUT2D eigenvalue weighted by molar-refractivity contribution is 7.22. The average Bonchev–Trinajstić information content (AvgIpc) is 4.08. The molecule has 2 aromatic heterocycles. The number of phenolic OH excluding ortho intramolecular Hbond substituents is 2. The van der Waals surface area contributed by atoms with Crippen LogP contribution < -0.4 is 15.4 Å². The number of unbranched alkanes of at least 4 members (excludes halogenated alkanes) is 4. The lowest BCUT2D eigenvalue weighted by molar-refractivity contribution is -0.144. The van der Waals surface area contributed by atoms with E-state index < -0.39 is 23.6 Å². The van der Waals surface area contributed by atoms with Crippen molar-refractivity contribution in [2.24, 2.45) is 5.41 Å². The first kappa shape index (κ1) is 53.7. The van der Waals surface area contributed by atoms with E-state index in [0.29, 0.717) is 35.9 Å². The third-order valence-corrected chi connectivity index (χ3v) is 15.6. The number of aryl methyl sites for hydroxylation is 1. The minimum atomic E-state index is -0.873. The summed E-state index contributed by atoms with van der Waals surface area (Å²) in [6.45, 7) is 16.0. The number of hydrogen-bond acceptors (Lipinski definition) is 12. The van der Waals surface area contributed by atoms with Crippen LogP contribution in [0.4, 0.5) is 0 Å². The van der Waals surface area contributed by atoms with Gasteiger partial charge in [-0.1, -0.05) is 64.3 Å². The summed E-state index contributed by atoms with van der Waals surface area (Å²) in [7, 11) is 0. The summed E-state index contributed by atoms with van der Waals surface area (Å²) in [6.07, 6.45) is 4.10. The number of aliphatic hydroxyl groups excluding tert-OH is 1. The van der Waals surface area contributed by atoms with Crippen LogP contribution in [0.5, 0.6) is 17.2 Å². The number of likely N-dealkylation sites (tertiary alicyclic amines) is 1. The molecule has 13 nitrogen and oxygen atoms in total. The topological polar surface area (TPSA) is 182 Å². The molecule has 0 aliphatic carbocycles. The Balaban J connectivity index is 0.824. The third-order valence-electron chi connectivity index (χ3n) is 13.4. The van der Waals surface area contributed by atoms with Gasteiger partial charge in [0, 0.05) is 58.1 Å². The van der Waals surface area contributed by atoms with Gasteiger partial charge in [0.2, 0.25) is 17.7 Å². The Kier molecular flexibility index (Phi) is 17.9. The molecule has 3 heterocycles. The van der Waals surface area contributed by atoms with Gasteiger partial charge in [-0.05, 0) is 136 Å². The summed E-state index contributed by atoms with van der Waals surface area (Å²) in [6, 6.07) is 25.2. The number of thiazole rings is 1. The number of nitrogens with zero attached hydrogens (tertiary/aromatic N) is 3. The second kappa shape index (κ2) is 24.1.